The highest BCUT2D eigenvalue weighted by molar-refractivity contribution is 7.94. The Hall–Kier alpha value is -1.64. The van der Waals surface area contributed by atoms with Crippen LogP contribution in [-0.2, 0) is 16.6 Å². The molecule has 0 unspecified atom stereocenters. The van der Waals surface area contributed by atoms with Crippen molar-refractivity contribution < 1.29 is 22.7 Å². The number of methoxy groups -OCH3 is 1. The lowest BCUT2D eigenvalue weighted by Gasteiger charge is -2.08. The van der Waals surface area contributed by atoms with Gasteiger partial charge in [-0.15, -0.1) is 11.3 Å². The van der Waals surface area contributed by atoms with Crippen LogP contribution in [0.2, 0.25) is 0 Å². The van der Waals surface area contributed by atoms with Crippen molar-refractivity contribution in [2.24, 2.45) is 0 Å². The van der Waals surface area contributed by atoms with Crippen molar-refractivity contribution in [2.45, 2.75) is 10.8 Å². The van der Waals surface area contributed by atoms with Gasteiger partial charge in [-0.05, 0) is 29.1 Å². The van der Waals surface area contributed by atoms with E-state index in [2.05, 4.69) is 4.72 Å². The second-order valence-corrected chi connectivity index (χ2v) is 6.71. The number of aliphatic hydroxyl groups is 1. The van der Waals surface area contributed by atoms with E-state index in [9.17, 15) is 12.8 Å². The van der Waals surface area contributed by atoms with Crippen LogP contribution in [0, 0.1) is 5.82 Å². The minimum absolute atomic E-state index is 0.0487. The first-order valence-electron chi connectivity index (χ1n) is 5.51. The average Bonchev–Trinajstić information content (AvgIpc) is 2.90. The van der Waals surface area contributed by atoms with Crippen LogP contribution < -0.4 is 9.46 Å². The molecule has 1 aromatic carbocycles. The number of ether oxygens (including phenoxy) is 1. The Morgan fingerprint density at radius 1 is 1.40 bits per heavy atom. The van der Waals surface area contributed by atoms with Crippen molar-refractivity contribution in [1.29, 1.82) is 0 Å². The molecular formula is C12H12FNO4S2. The molecule has 0 saturated heterocycles. The summed E-state index contributed by atoms with van der Waals surface area (Å²) in [7, 11) is -2.47. The van der Waals surface area contributed by atoms with Crippen molar-refractivity contribution in [2.75, 3.05) is 11.8 Å². The van der Waals surface area contributed by atoms with Gasteiger partial charge in [-0.2, -0.15) is 0 Å². The number of hydrogen-bond acceptors (Lipinski definition) is 5. The summed E-state index contributed by atoms with van der Waals surface area (Å²) in [5.74, 6) is -0.624. The fourth-order valence-electron chi connectivity index (χ4n) is 1.51. The number of nitrogens with one attached hydrogen (secondary N) is 1. The Bertz CT molecular complexity index is 712. The Balaban J connectivity index is 2.28. The second kappa shape index (κ2) is 5.78. The molecule has 0 radical (unpaired) electrons. The molecule has 0 fully saturated rings. The van der Waals surface area contributed by atoms with Crippen LogP contribution in [0.1, 0.15) is 5.56 Å². The van der Waals surface area contributed by atoms with Crippen LogP contribution >= 0.6 is 11.3 Å². The van der Waals surface area contributed by atoms with Gasteiger partial charge in [0.15, 0.2) is 11.6 Å². The quantitative estimate of drug-likeness (QED) is 0.886. The van der Waals surface area contributed by atoms with Crippen molar-refractivity contribution >= 4 is 27.0 Å². The Morgan fingerprint density at radius 2 is 2.15 bits per heavy atom. The molecule has 0 amide bonds. The van der Waals surface area contributed by atoms with Gasteiger partial charge >= 0.3 is 0 Å². The standard InChI is InChI=1S/C12H12FNO4S2/c1-18-11-5-9(2-3-10(11)13)14-20(16,17)12-4-8(6-15)7-19-12/h2-5,7,14-15H,6H2,1H3. The summed E-state index contributed by atoms with van der Waals surface area (Å²) < 4.78 is 44.6. The Kier molecular flexibility index (Phi) is 4.26. The predicted octanol–water partition coefficient (Wildman–Crippen LogP) is 2.19. The number of thiophene rings is 1. The number of hydrogen-bond donors (Lipinski definition) is 2. The van der Waals surface area contributed by atoms with Gasteiger partial charge in [-0.1, -0.05) is 0 Å². The zero-order chi connectivity index (χ0) is 14.8. The van der Waals surface area contributed by atoms with E-state index in [0.29, 0.717) is 5.56 Å². The predicted molar refractivity (Wildman–Crippen MR) is 74.0 cm³/mol. The summed E-state index contributed by atoms with van der Waals surface area (Å²) in [6.07, 6.45) is 0. The molecule has 0 spiro atoms. The summed E-state index contributed by atoms with van der Waals surface area (Å²) in [4.78, 5) is 0. The first-order valence-corrected chi connectivity index (χ1v) is 7.87. The molecule has 0 aliphatic heterocycles. The van der Waals surface area contributed by atoms with Crippen molar-refractivity contribution in [1.82, 2.24) is 0 Å². The van der Waals surface area contributed by atoms with Crippen LogP contribution in [-0.4, -0.2) is 20.6 Å². The van der Waals surface area contributed by atoms with E-state index in [1.165, 1.54) is 25.3 Å². The average molecular weight is 317 g/mol. The minimum Gasteiger partial charge on any atom is -0.494 e. The van der Waals surface area contributed by atoms with E-state index >= 15 is 0 Å². The SMILES string of the molecule is COc1cc(NS(=O)(=O)c2cc(CO)cs2)ccc1F. The van der Waals surface area contributed by atoms with Gasteiger partial charge in [-0.25, -0.2) is 12.8 Å². The molecule has 0 atom stereocenters. The second-order valence-electron chi connectivity index (χ2n) is 3.89. The van der Waals surface area contributed by atoms with Crippen molar-refractivity contribution in [3.63, 3.8) is 0 Å². The molecule has 0 saturated carbocycles. The summed E-state index contributed by atoms with van der Waals surface area (Å²) in [5, 5.41) is 10.5. The summed E-state index contributed by atoms with van der Waals surface area (Å²) in [6.45, 7) is -0.226. The molecule has 0 aliphatic carbocycles. The Labute approximate surface area is 119 Å². The lowest BCUT2D eigenvalue weighted by Crippen LogP contribution is -2.11. The van der Waals surface area contributed by atoms with Crippen LogP contribution in [0.3, 0.4) is 0 Å². The molecule has 108 valence electrons. The van der Waals surface area contributed by atoms with Gasteiger partial charge in [0.05, 0.1) is 19.4 Å². The van der Waals surface area contributed by atoms with Gasteiger partial charge < -0.3 is 9.84 Å². The maximum atomic E-state index is 13.2. The van der Waals surface area contributed by atoms with Gasteiger partial charge in [-0.3, -0.25) is 4.72 Å². The van der Waals surface area contributed by atoms with Crippen LogP contribution in [0.15, 0.2) is 33.9 Å². The van der Waals surface area contributed by atoms with E-state index in [1.54, 1.807) is 5.38 Å². The van der Waals surface area contributed by atoms with E-state index in [1.807, 2.05) is 0 Å². The van der Waals surface area contributed by atoms with Crippen LogP contribution in [0.5, 0.6) is 5.75 Å². The molecule has 0 bridgehead atoms. The lowest BCUT2D eigenvalue weighted by molar-refractivity contribution is 0.282. The number of anilines is 1. The summed E-state index contributed by atoms with van der Waals surface area (Å²) in [6, 6.07) is 5.06. The fraction of sp³-hybridized carbons (Fsp3) is 0.167. The monoisotopic (exact) mass is 317 g/mol. The van der Waals surface area contributed by atoms with Crippen molar-refractivity contribution in [3.8, 4) is 5.75 Å². The van der Waals surface area contributed by atoms with Gasteiger partial charge in [0.25, 0.3) is 10.0 Å². The third kappa shape index (κ3) is 3.09. The zero-order valence-corrected chi connectivity index (χ0v) is 12.1. The molecule has 2 aromatic rings. The minimum atomic E-state index is -3.76. The molecule has 5 nitrogen and oxygen atoms in total. The van der Waals surface area contributed by atoms with Gasteiger partial charge in [0.2, 0.25) is 0 Å². The van der Waals surface area contributed by atoms with E-state index in [4.69, 9.17) is 9.84 Å². The molecular weight excluding hydrogens is 305 g/mol. The zero-order valence-electron chi connectivity index (χ0n) is 10.5. The molecule has 2 rings (SSSR count). The van der Waals surface area contributed by atoms with Gasteiger partial charge in [0, 0.05) is 6.07 Å². The lowest BCUT2D eigenvalue weighted by atomic mass is 10.3. The molecule has 1 heterocycles. The molecule has 2 N–H and O–H groups in total. The molecule has 8 heteroatoms. The topological polar surface area (TPSA) is 75.6 Å². The van der Waals surface area contributed by atoms with E-state index < -0.39 is 15.8 Å². The van der Waals surface area contributed by atoms with Crippen LogP contribution in [0.25, 0.3) is 0 Å². The largest absolute Gasteiger partial charge is 0.494 e. The first-order chi connectivity index (χ1) is 9.46. The number of rotatable bonds is 5. The maximum Gasteiger partial charge on any atom is 0.271 e. The first kappa shape index (κ1) is 14.8. The summed E-state index contributed by atoms with van der Waals surface area (Å²) in [5.41, 5.74) is 0.717. The molecule has 20 heavy (non-hydrogen) atoms. The number of sulfonamides is 1. The number of halogens is 1. The molecule has 0 aliphatic rings. The van der Waals surface area contributed by atoms with E-state index in [0.717, 1.165) is 17.4 Å². The third-order valence-corrected chi connectivity index (χ3v) is 5.35. The summed E-state index contributed by atoms with van der Waals surface area (Å²) >= 11 is 0.998. The van der Waals surface area contributed by atoms with Crippen molar-refractivity contribution in [3.05, 3.63) is 41.0 Å². The Morgan fingerprint density at radius 3 is 2.75 bits per heavy atom. The highest BCUT2D eigenvalue weighted by Gasteiger charge is 2.17. The highest BCUT2D eigenvalue weighted by Crippen LogP contribution is 2.26. The number of benzene rings is 1. The smallest absolute Gasteiger partial charge is 0.271 e. The highest BCUT2D eigenvalue weighted by atomic mass is 32.2. The third-order valence-electron chi connectivity index (χ3n) is 2.48. The van der Waals surface area contributed by atoms with Gasteiger partial charge in [0.1, 0.15) is 4.21 Å². The fourth-order valence-corrected chi connectivity index (χ4v) is 3.76. The normalized spacial score (nSPS) is 11.3. The number of aliphatic hydroxyl groups excluding tert-OH is 1. The molecule has 1 aromatic heterocycles. The maximum absolute atomic E-state index is 13.2. The van der Waals surface area contributed by atoms with E-state index in [-0.39, 0.29) is 22.3 Å². The van der Waals surface area contributed by atoms with Crippen LogP contribution in [0.4, 0.5) is 10.1 Å².